The summed E-state index contributed by atoms with van der Waals surface area (Å²) in [5, 5.41) is 13.4. The molecule has 0 aliphatic rings. The molecule has 4 heteroatoms. The Hall–Kier alpha value is -2.17. The lowest BCUT2D eigenvalue weighted by molar-refractivity contribution is 0.0999. The Morgan fingerprint density at radius 2 is 1.77 bits per heavy atom. The first kappa shape index (κ1) is 16.2. The zero-order chi connectivity index (χ0) is 15.9. The van der Waals surface area contributed by atoms with Crippen LogP contribution in [0.2, 0.25) is 0 Å². The molecule has 116 valence electrons. The fourth-order valence-electron chi connectivity index (χ4n) is 2.45. The van der Waals surface area contributed by atoms with Crippen molar-refractivity contribution in [2.45, 2.75) is 25.5 Å². The second kappa shape index (κ2) is 7.73. The van der Waals surface area contributed by atoms with E-state index in [4.69, 9.17) is 5.73 Å². The normalized spacial score (nSPS) is 13.5. The highest BCUT2D eigenvalue weighted by Gasteiger charge is 2.12. The molecule has 2 atom stereocenters. The van der Waals surface area contributed by atoms with Crippen LogP contribution in [-0.4, -0.2) is 23.6 Å². The molecule has 2 aromatic rings. The lowest BCUT2D eigenvalue weighted by Crippen LogP contribution is -2.32. The van der Waals surface area contributed by atoms with E-state index in [1.54, 1.807) is 12.1 Å². The number of hydrogen-bond donors (Lipinski definition) is 3. The number of nitrogens with one attached hydrogen (secondary N) is 1. The van der Waals surface area contributed by atoms with E-state index in [0.29, 0.717) is 18.5 Å². The van der Waals surface area contributed by atoms with Crippen LogP contribution >= 0.6 is 0 Å². The predicted molar refractivity (Wildman–Crippen MR) is 87.5 cm³/mol. The fraction of sp³-hybridized carbons (Fsp3) is 0.278. The van der Waals surface area contributed by atoms with Crippen LogP contribution in [0.4, 0.5) is 0 Å². The molecule has 0 radical (unpaired) electrons. The zero-order valence-corrected chi connectivity index (χ0v) is 12.7. The summed E-state index contributed by atoms with van der Waals surface area (Å²) >= 11 is 0. The van der Waals surface area contributed by atoms with E-state index in [1.807, 2.05) is 49.4 Å². The van der Waals surface area contributed by atoms with Crippen molar-refractivity contribution in [3.05, 3.63) is 71.3 Å². The molecule has 1 amide bonds. The van der Waals surface area contributed by atoms with Crippen molar-refractivity contribution in [2.75, 3.05) is 6.54 Å². The van der Waals surface area contributed by atoms with Crippen LogP contribution in [0.15, 0.2) is 54.6 Å². The van der Waals surface area contributed by atoms with Crippen molar-refractivity contribution in [3.63, 3.8) is 0 Å². The monoisotopic (exact) mass is 298 g/mol. The Labute approximate surface area is 131 Å². The van der Waals surface area contributed by atoms with Crippen LogP contribution in [0.5, 0.6) is 0 Å². The summed E-state index contributed by atoms with van der Waals surface area (Å²) in [6.07, 6.45) is 0.135. The summed E-state index contributed by atoms with van der Waals surface area (Å²) in [5.74, 6) is -0.410. The molecule has 0 saturated carbocycles. The molecule has 0 fully saturated rings. The molecule has 0 spiro atoms. The third-order valence-corrected chi connectivity index (χ3v) is 3.65. The van der Waals surface area contributed by atoms with Gasteiger partial charge in [0, 0.05) is 18.2 Å². The SMILES string of the molecule is CC(Cc1ccccc1C(N)=O)NCC(O)c1ccccc1. The maximum absolute atomic E-state index is 11.4. The molecule has 0 aromatic heterocycles. The van der Waals surface area contributed by atoms with Crippen LogP contribution in [0.1, 0.15) is 34.5 Å². The third-order valence-electron chi connectivity index (χ3n) is 3.65. The van der Waals surface area contributed by atoms with Crippen LogP contribution in [-0.2, 0) is 6.42 Å². The number of benzene rings is 2. The summed E-state index contributed by atoms with van der Waals surface area (Å²) in [4.78, 5) is 11.4. The van der Waals surface area contributed by atoms with Crippen molar-refractivity contribution >= 4 is 5.91 Å². The Kier molecular flexibility index (Phi) is 5.69. The summed E-state index contributed by atoms with van der Waals surface area (Å²) in [5.41, 5.74) is 7.75. The average molecular weight is 298 g/mol. The molecule has 0 bridgehead atoms. The van der Waals surface area contributed by atoms with Gasteiger partial charge in [0.2, 0.25) is 5.91 Å². The highest BCUT2D eigenvalue weighted by Crippen LogP contribution is 2.13. The highest BCUT2D eigenvalue weighted by atomic mass is 16.3. The topological polar surface area (TPSA) is 75.4 Å². The second-order valence-electron chi connectivity index (χ2n) is 5.46. The Bertz CT molecular complexity index is 613. The van der Waals surface area contributed by atoms with Gasteiger partial charge in [0.1, 0.15) is 0 Å². The number of aliphatic hydroxyl groups is 1. The van der Waals surface area contributed by atoms with Crippen molar-refractivity contribution in [3.8, 4) is 0 Å². The summed E-state index contributed by atoms with van der Waals surface area (Å²) in [6, 6.07) is 17.0. The van der Waals surface area contributed by atoms with E-state index in [0.717, 1.165) is 11.1 Å². The van der Waals surface area contributed by atoms with Gasteiger partial charge in [-0.3, -0.25) is 4.79 Å². The number of carbonyl (C=O) groups is 1. The molecular weight excluding hydrogens is 276 g/mol. The standard InChI is InChI=1S/C18H22N2O2/c1-13(11-15-9-5-6-10-16(15)18(19)22)20-12-17(21)14-7-3-2-4-8-14/h2-10,13,17,20-21H,11-12H2,1H3,(H2,19,22). The lowest BCUT2D eigenvalue weighted by atomic mass is 10.0. The van der Waals surface area contributed by atoms with E-state index in [9.17, 15) is 9.90 Å². The van der Waals surface area contributed by atoms with Crippen LogP contribution < -0.4 is 11.1 Å². The second-order valence-corrected chi connectivity index (χ2v) is 5.46. The number of rotatable bonds is 7. The minimum atomic E-state index is -0.546. The van der Waals surface area contributed by atoms with Crippen LogP contribution in [0, 0.1) is 0 Å². The zero-order valence-electron chi connectivity index (χ0n) is 12.7. The molecule has 0 saturated heterocycles. The van der Waals surface area contributed by atoms with Gasteiger partial charge in [-0.25, -0.2) is 0 Å². The lowest BCUT2D eigenvalue weighted by Gasteiger charge is -2.18. The van der Waals surface area contributed by atoms with Crippen molar-refractivity contribution in [1.82, 2.24) is 5.32 Å². The molecule has 2 unspecified atom stereocenters. The van der Waals surface area contributed by atoms with E-state index in [1.165, 1.54) is 0 Å². The molecule has 22 heavy (non-hydrogen) atoms. The summed E-state index contributed by atoms with van der Waals surface area (Å²) < 4.78 is 0. The predicted octanol–water partition coefficient (Wildman–Crippen LogP) is 2.04. The van der Waals surface area contributed by atoms with E-state index in [2.05, 4.69) is 5.32 Å². The maximum Gasteiger partial charge on any atom is 0.248 e. The average Bonchev–Trinajstić information content (AvgIpc) is 2.53. The molecule has 2 rings (SSSR count). The first-order valence-electron chi connectivity index (χ1n) is 7.42. The van der Waals surface area contributed by atoms with E-state index in [-0.39, 0.29) is 6.04 Å². The molecule has 4 nitrogen and oxygen atoms in total. The Morgan fingerprint density at radius 1 is 1.14 bits per heavy atom. The smallest absolute Gasteiger partial charge is 0.248 e. The van der Waals surface area contributed by atoms with Gasteiger partial charge in [0.25, 0.3) is 0 Å². The summed E-state index contributed by atoms with van der Waals surface area (Å²) in [6.45, 7) is 2.49. The van der Waals surface area contributed by atoms with Crippen molar-refractivity contribution in [2.24, 2.45) is 5.73 Å². The number of amides is 1. The third kappa shape index (κ3) is 4.41. The maximum atomic E-state index is 11.4. The van der Waals surface area contributed by atoms with Gasteiger partial charge in [0.15, 0.2) is 0 Å². The van der Waals surface area contributed by atoms with E-state index < -0.39 is 12.0 Å². The number of primary amides is 1. The molecule has 0 aliphatic heterocycles. The quantitative estimate of drug-likeness (QED) is 0.732. The molecule has 4 N–H and O–H groups in total. The van der Waals surface area contributed by atoms with Gasteiger partial charge in [-0.2, -0.15) is 0 Å². The van der Waals surface area contributed by atoms with Gasteiger partial charge in [0.05, 0.1) is 6.10 Å². The largest absolute Gasteiger partial charge is 0.387 e. The first-order chi connectivity index (χ1) is 10.6. The molecule has 2 aromatic carbocycles. The van der Waals surface area contributed by atoms with E-state index >= 15 is 0 Å². The van der Waals surface area contributed by atoms with Gasteiger partial charge in [-0.15, -0.1) is 0 Å². The minimum absolute atomic E-state index is 0.124. The van der Waals surface area contributed by atoms with Gasteiger partial charge in [-0.1, -0.05) is 48.5 Å². The first-order valence-corrected chi connectivity index (χ1v) is 7.42. The number of carbonyl (C=O) groups excluding carboxylic acids is 1. The molecular formula is C18H22N2O2. The number of nitrogens with two attached hydrogens (primary N) is 1. The van der Waals surface area contributed by atoms with Crippen molar-refractivity contribution < 1.29 is 9.90 Å². The molecule has 0 heterocycles. The number of aliphatic hydroxyl groups excluding tert-OH is 1. The van der Waals surface area contributed by atoms with Crippen LogP contribution in [0.3, 0.4) is 0 Å². The number of hydrogen-bond acceptors (Lipinski definition) is 3. The molecule has 0 aliphatic carbocycles. The summed E-state index contributed by atoms with van der Waals surface area (Å²) in [7, 11) is 0. The minimum Gasteiger partial charge on any atom is -0.387 e. The van der Waals surface area contributed by atoms with Gasteiger partial charge < -0.3 is 16.2 Å². The highest BCUT2D eigenvalue weighted by molar-refractivity contribution is 5.94. The van der Waals surface area contributed by atoms with Gasteiger partial charge in [-0.05, 0) is 30.5 Å². The van der Waals surface area contributed by atoms with Crippen LogP contribution in [0.25, 0.3) is 0 Å². The van der Waals surface area contributed by atoms with Crippen molar-refractivity contribution in [1.29, 1.82) is 0 Å². The Balaban J connectivity index is 1.91. The fourth-order valence-corrected chi connectivity index (χ4v) is 2.45. The van der Waals surface area contributed by atoms with Gasteiger partial charge >= 0.3 is 0 Å². The Morgan fingerprint density at radius 3 is 2.45 bits per heavy atom.